The van der Waals surface area contributed by atoms with E-state index in [0.29, 0.717) is 19.4 Å². The summed E-state index contributed by atoms with van der Waals surface area (Å²) in [6.07, 6.45) is 0.641. The minimum absolute atomic E-state index is 0.155. The van der Waals surface area contributed by atoms with Gasteiger partial charge in [-0.2, -0.15) is 0 Å². The summed E-state index contributed by atoms with van der Waals surface area (Å²) in [6, 6.07) is 10.9. The van der Waals surface area contributed by atoms with E-state index < -0.39 is 34.5 Å². The summed E-state index contributed by atoms with van der Waals surface area (Å²) in [5, 5.41) is 2.25. The molecule has 1 aliphatic rings. The molecule has 0 aliphatic heterocycles. The second kappa shape index (κ2) is 7.66. The molecule has 0 saturated heterocycles. The molecule has 7 heteroatoms. The van der Waals surface area contributed by atoms with Crippen LogP contribution in [0.4, 0.5) is 18.9 Å². The van der Waals surface area contributed by atoms with E-state index >= 15 is 0 Å². The minimum Gasteiger partial charge on any atom is -0.335 e. The molecule has 1 fully saturated rings. The Morgan fingerprint density at radius 1 is 1.04 bits per heavy atom. The Morgan fingerprint density at radius 3 is 2.25 bits per heavy atom. The van der Waals surface area contributed by atoms with Gasteiger partial charge in [-0.15, -0.1) is 0 Å². The Bertz CT molecular complexity index is 896. The molecule has 0 aromatic heterocycles. The lowest BCUT2D eigenvalue weighted by atomic mass is 10.0. The van der Waals surface area contributed by atoms with Crippen molar-refractivity contribution in [2.24, 2.45) is 5.41 Å². The molecule has 0 bridgehead atoms. The lowest BCUT2D eigenvalue weighted by Gasteiger charge is -2.30. The van der Waals surface area contributed by atoms with Crippen molar-refractivity contribution >= 4 is 17.5 Å². The number of halogens is 3. The highest BCUT2D eigenvalue weighted by Crippen LogP contribution is 2.48. The Labute approximate surface area is 161 Å². The van der Waals surface area contributed by atoms with Gasteiger partial charge < -0.3 is 10.2 Å². The number of amides is 2. The van der Waals surface area contributed by atoms with Gasteiger partial charge in [0.25, 0.3) is 0 Å². The van der Waals surface area contributed by atoms with E-state index in [-0.39, 0.29) is 11.9 Å². The predicted molar refractivity (Wildman–Crippen MR) is 98.7 cm³/mol. The summed E-state index contributed by atoms with van der Waals surface area (Å²) in [5.74, 6) is -5.56. The highest BCUT2D eigenvalue weighted by molar-refractivity contribution is 6.13. The van der Waals surface area contributed by atoms with Crippen LogP contribution in [0.3, 0.4) is 0 Å². The molecule has 28 heavy (non-hydrogen) atoms. The highest BCUT2D eigenvalue weighted by Gasteiger charge is 2.58. The number of rotatable bonds is 6. The molecule has 0 radical (unpaired) electrons. The number of benzene rings is 2. The molecular formula is C21H21F3N2O2. The molecule has 3 rings (SSSR count). The third-order valence-electron chi connectivity index (χ3n) is 4.96. The number of carbonyl (C=O) groups is 2. The molecule has 2 aromatic carbocycles. The van der Waals surface area contributed by atoms with E-state index in [1.165, 1.54) is 0 Å². The number of carbonyl (C=O) groups excluding carboxylic acids is 2. The third-order valence-corrected chi connectivity index (χ3v) is 4.96. The average Bonchev–Trinajstić information content (AvgIpc) is 3.48. The number of nitrogens with zero attached hydrogens (tertiary/aromatic N) is 1. The Morgan fingerprint density at radius 2 is 1.68 bits per heavy atom. The van der Waals surface area contributed by atoms with Crippen LogP contribution in [-0.2, 0) is 16.1 Å². The van der Waals surface area contributed by atoms with Crippen LogP contribution in [0, 0.1) is 22.9 Å². The summed E-state index contributed by atoms with van der Waals surface area (Å²) in [4.78, 5) is 27.5. The van der Waals surface area contributed by atoms with E-state index in [0.717, 1.165) is 17.7 Å². The monoisotopic (exact) mass is 390 g/mol. The Kier molecular flexibility index (Phi) is 5.45. The normalized spacial score (nSPS) is 14.6. The molecule has 1 N–H and O–H groups in total. The third kappa shape index (κ3) is 3.74. The smallest absolute Gasteiger partial charge is 0.240 e. The van der Waals surface area contributed by atoms with Crippen molar-refractivity contribution in [2.45, 2.75) is 39.3 Å². The molecule has 2 aromatic rings. The van der Waals surface area contributed by atoms with Gasteiger partial charge in [0.15, 0.2) is 17.5 Å². The van der Waals surface area contributed by atoms with Crippen molar-refractivity contribution in [3.05, 3.63) is 65.5 Å². The van der Waals surface area contributed by atoms with Crippen LogP contribution in [0.2, 0.25) is 0 Å². The second-order valence-corrected chi connectivity index (χ2v) is 7.27. The fraction of sp³-hybridized carbons (Fsp3) is 0.333. The van der Waals surface area contributed by atoms with Crippen LogP contribution < -0.4 is 5.32 Å². The van der Waals surface area contributed by atoms with Crippen molar-refractivity contribution in [1.82, 2.24) is 4.90 Å². The zero-order valence-electron chi connectivity index (χ0n) is 15.6. The number of nitrogens with one attached hydrogen (secondary N) is 1. The molecule has 4 nitrogen and oxygen atoms in total. The van der Waals surface area contributed by atoms with Crippen LogP contribution in [0.5, 0.6) is 0 Å². The van der Waals surface area contributed by atoms with Gasteiger partial charge in [-0.25, -0.2) is 13.2 Å². The predicted octanol–water partition coefficient (Wildman–Crippen LogP) is 4.26. The summed E-state index contributed by atoms with van der Waals surface area (Å²) in [5.41, 5.74) is -0.870. The van der Waals surface area contributed by atoms with Crippen molar-refractivity contribution in [2.75, 3.05) is 5.32 Å². The first kappa shape index (κ1) is 19.9. The maximum Gasteiger partial charge on any atom is 0.240 e. The van der Waals surface area contributed by atoms with Gasteiger partial charge >= 0.3 is 0 Å². The first-order chi connectivity index (χ1) is 13.3. The molecule has 0 unspecified atom stereocenters. The molecule has 1 aliphatic carbocycles. The maximum atomic E-state index is 13.9. The molecule has 0 spiro atoms. The Balaban J connectivity index is 1.80. The van der Waals surface area contributed by atoms with E-state index in [9.17, 15) is 22.8 Å². The molecule has 0 heterocycles. The van der Waals surface area contributed by atoms with Gasteiger partial charge in [0.05, 0.1) is 5.69 Å². The van der Waals surface area contributed by atoms with Crippen molar-refractivity contribution in [3.8, 4) is 0 Å². The van der Waals surface area contributed by atoms with Crippen LogP contribution in [0.25, 0.3) is 0 Å². The fourth-order valence-electron chi connectivity index (χ4n) is 3.07. The average molecular weight is 390 g/mol. The quantitative estimate of drug-likeness (QED) is 0.592. The van der Waals surface area contributed by atoms with Gasteiger partial charge in [-0.3, -0.25) is 9.59 Å². The van der Waals surface area contributed by atoms with Crippen molar-refractivity contribution < 1.29 is 22.8 Å². The van der Waals surface area contributed by atoms with Crippen LogP contribution in [0.1, 0.15) is 32.3 Å². The van der Waals surface area contributed by atoms with Crippen molar-refractivity contribution in [3.63, 3.8) is 0 Å². The van der Waals surface area contributed by atoms with Crippen LogP contribution in [0.15, 0.2) is 42.5 Å². The van der Waals surface area contributed by atoms with Gasteiger partial charge in [-0.1, -0.05) is 30.3 Å². The standard InChI is InChI=1S/C21H21F3N2O2/c1-13(2)26(12-14-6-4-3-5-7-14)20(28)21(10-11-21)19(27)25-16-9-8-15(22)17(23)18(16)24/h3-9,13H,10-12H2,1-2H3,(H,25,27). The molecular weight excluding hydrogens is 369 g/mol. The summed E-state index contributed by atoms with van der Waals surface area (Å²) < 4.78 is 40.4. The van der Waals surface area contributed by atoms with Crippen LogP contribution in [-0.4, -0.2) is 22.8 Å². The largest absolute Gasteiger partial charge is 0.335 e. The Hall–Kier alpha value is -2.83. The maximum absolute atomic E-state index is 13.9. The highest BCUT2D eigenvalue weighted by atomic mass is 19.2. The molecule has 0 atom stereocenters. The number of hydrogen-bond acceptors (Lipinski definition) is 2. The molecule has 1 saturated carbocycles. The zero-order valence-corrected chi connectivity index (χ0v) is 15.6. The van der Waals surface area contributed by atoms with E-state index in [1.807, 2.05) is 44.2 Å². The summed E-state index contributed by atoms with van der Waals surface area (Å²) in [6.45, 7) is 4.04. The minimum atomic E-state index is -1.66. The topological polar surface area (TPSA) is 49.4 Å². The van der Waals surface area contributed by atoms with E-state index in [1.54, 1.807) is 4.90 Å². The molecule has 2 amide bonds. The number of hydrogen-bond donors (Lipinski definition) is 1. The lowest BCUT2D eigenvalue weighted by molar-refractivity contribution is -0.144. The summed E-state index contributed by atoms with van der Waals surface area (Å²) in [7, 11) is 0. The van der Waals surface area contributed by atoms with Crippen LogP contribution >= 0.6 is 0 Å². The van der Waals surface area contributed by atoms with Crippen molar-refractivity contribution in [1.29, 1.82) is 0 Å². The van der Waals surface area contributed by atoms with E-state index in [4.69, 9.17) is 0 Å². The first-order valence-corrected chi connectivity index (χ1v) is 9.06. The lowest BCUT2D eigenvalue weighted by Crippen LogP contribution is -2.45. The summed E-state index contributed by atoms with van der Waals surface area (Å²) >= 11 is 0. The van der Waals surface area contributed by atoms with Gasteiger partial charge in [0.2, 0.25) is 11.8 Å². The molecule has 148 valence electrons. The first-order valence-electron chi connectivity index (χ1n) is 9.06. The second-order valence-electron chi connectivity index (χ2n) is 7.27. The number of anilines is 1. The zero-order chi connectivity index (χ0) is 20.5. The van der Waals surface area contributed by atoms with Gasteiger partial charge in [0.1, 0.15) is 5.41 Å². The fourth-order valence-corrected chi connectivity index (χ4v) is 3.07. The van der Waals surface area contributed by atoms with Gasteiger partial charge in [-0.05, 0) is 44.4 Å². The van der Waals surface area contributed by atoms with Gasteiger partial charge in [0, 0.05) is 12.6 Å². The van der Waals surface area contributed by atoms with E-state index in [2.05, 4.69) is 5.32 Å². The SMILES string of the molecule is CC(C)N(Cc1ccccc1)C(=O)C1(C(=O)Nc2ccc(F)c(F)c2F)CC1.